The molecule has 1 nitrogen and oxygen atoms in total. The fourth-order valence-corrected chi connectivity index (χ4v) is 2.82. The molecule has 0 aromatic heterocycles. The molecule has 0 heterocycles. The van der Waals surface area contributed by atoms with Gasteiger partial charge in [0.2, 0.25) is 0 Å². The molecule has 1 aliphatic carbocycles. The van der Waals surface area contributed by atoms with Gasteiger partial charge in [-0.2, -0.15) is 0 Å². The Bertz CT molecular complexity index is 308. The van der Waals surface area contributed by atoms with E-state index in [4.69, 9.17) is 5.73 Å². The maximum absolute atomic E-state index is 6.35. The summed E-state index contributed by atoms with van der Waals surface area (Å²) in [6.45, 7) is 0. The lowest BCUT2D eigenvalue weighted by atomic mass is 9.90. The summed E-state index contributed by atoms with van der Waals surface area (Å²) in [6.07, 6.45) is 4.76. The molecule has 2 N–H and O–H groups in total. The zero-order valence-electron chi connectivity index (χ0n) is 8.00. The van der Waals surface area contributed by atoms with Gasteiger partial charge in [0.25, 0.3) is 0 Å². The van der Waals surface area contributed by atoms with Crippen molar-refractivity contribution in [3.05, 3.63) is 34.3 Å². The third-order valence-corrected chi connectivity index (χ3v) is 3.60. The minimum absolute atomic E-state index is 0. The molecule has 3 heteroatoms. The molecule has 0 spiro atoms. The molecule has 0 bridgehead atoms. The average molecular weight is 277 g/mol. The van der Waals surface area contributed by atoms with Crippen LogP contribution in [0.2, 0.25) is 0 Å². The van der Waals surface area contributed by atoms with E-state index in [0.29, 0.717) is 0 Å². The Morgan fingerprint density at radius 3 is 2.29 bits per heavy atom. The van der Waals surface area contributed by atoms with Crippen molar-refractivity contribution in [1.29, 1.82) is 0 Å². The van der Waals surface area contributed by atoms with Crippen LogP contribution in [-0.4, -0.2) is 0 Å². The van der Waals surface area contributed by atoms with Crippen molar-refractivity contribution in [3.8, 4) is 0 Å². The highest BCUT2D eigenvalue weighted by Crippen LogP contribution is 2.39. The predicted octanol–water partition coefficient (Wildman–Crippen LogP) is 3.60. The summed E-state index contributed by atoms with van der Waals surface area (Å²) in [7, 11) is 0. The topological polar surface area (TPSA) is 26.0 Å². The van der Waals surface area contributed by atoms with E-state index in [1.165, 1.54) is 18.4 Å². The van der Waals surface area contributed by atoms with E-state index in [1.807, 2.05) is 6.07 Å². The number of rotatable bonds is 1. The lowest BCUT2D eigenvalue weighted by Gasteiger charge is -2.25. The molecule has 0 amide bonds. The second-order valence-corrected chi connectivity index (χ2v) is 4.70. The van der Waals surface area contributed by atoms with Gasteiger partial charge in [0.1, 0.15) is 0 Å². The highest BCUT2D eigenvalue weighted by Gasteiger charge is 2.32. The first-order valence-electron chi connectivity index (χ1n) is 4.76. The van der Waals surface area contributed by atoms with Gasteiger partial charge >= 0.3 is 0 Å². The number of hydrogen-bond donors (Lipinski definition) is 1. The summed E-state index contributed by atoms with van der Waals surface area (Å²) in [5, 5.41) is 0. The molecule has 2 rings (SSSR count). The lowest BCUT2D eigenvalue weighted by Crippen LogP contribution is -2.33. The number of nitrogens with two attached hydrogens (primary N) is 1. The van der Waals surface area contributed by atoms with Crippen LogP contribution in [0.25, 0.3) is 0 Å². The fraction of sp³-hybridized carbons (Fsp3) is 0.455. The molecule has 14 heavy (non-hydrogen) atoms. The zero-order valence-corrected chi connectivity index (χ0v) is 10.4. The minimum atomic E-state index is -0.0694. The van der Waals surface area contributed by atoms with Gasteiger partial charge in [-0.1, -0.05) is 47.0 Å². The Morgan fingerprint density at radius 2 is 1.71 bits per heavy atom. The van der Waals surface area contributed by atoms with E-state index < -0.39 is 0 Å². The molecule has 0 radical (unpaired) electrons. The second kappa shape index (κ2) is 4.65. The minimum Gasteiger partial charge on any atom is -0.321 e. The van der Waals surface area contributed by atoms with Gasteiger partial charge in [0, 0.05) is 10.0 Å². The van der Waals surface area contributed by atoms with Crippen LogP contribution in [0, 0.1) is 0 Å². The van der Waals surface area contributed by atoms with Crippen molar-refractivity contribution in [2.75, 3.05) is 0 Å². The first kappa shape index (κ1) is 12.0. The first-order chi connectivity index (χ1) is 6.22. The summed E-state index contributed by atoms with van der Waals surface area (Å²) in [6, 6.07) is 8.30. The third-order valence-electron chi connectivity index (χ3n) is 2.91. The Morgan fingerprint density at radius 1 is 1.14 bits per heavy atom. The summed E-state index contributed by atoms with van der Waals surface area (Å²) < 4.78 is 1.15. The molecule has 0 saturated heterocycles. The van der Waals surface area contributed by atoms with E-state index in [2.05, 4.69) is 34.1 Å². The van der Waals surface area contributed by atoms with Crippen LogP contribution in [-0.2, 0) is 5.54 Å². The lowest BCUT2D eigenvalue weighted by molar-refractivity contribution is 0.459. The van der Waals surface area contributed by atoms with Crippen molar-refractivity contribution < 1.29 is 0 Å². The van der Waals surface area contributed by atoms with E-state index in [1.54, 1.807) is 0 Å². The third kappa shape index (κ3) is 2.13. The summed E-state index contributed by atoms with van der Waals surface area (Å²) in [4.78, 5) is 0. The molecule has 0 aliphatic heterocycles. The first-order valence-corrected chi connectivity index (χ1v) is 5.56. The molecule has 78 valence electrons. The molecule has 1 aromatic rings. The Hall–Kier alpha value is -0.0500. The van der Waals surface area contributed by atoms with E-state index in [9.17, 15) is 0 Å². The Balaban J connectivity index is 0.000000980. The summed E-state index contributed by atoms with van der Waals surface area (Å²) >= 11 is 3.56. The van der Waals surface area contributed by atoms with Crippen LogP contribution >= 0.6 is 28.3 Å². The number of hydrogen-bond acceptors (Lipinski definition) is 1. The highest BCUT2D eigenvalue weighted by atomic mass is 79.9. The van der Waals surface area contributed by atoms with Crippen LogP contribution in [0.15, 0.2) is 28.7 Å². The normalized spacial score (nSPS) is 19.0. The Labute approximate surface area is 99.6 Å². The van der Waals surface area contributed by atoms with Crippen LogP contribution in [0.3, 0.4) is 0 Å². The van der Waals surface area contributed by atoms with Crippen molar-refractivity contribution in [1.82, 2.24) is 0 Å². The van der Waals surface area contributed by atoms with Gasteiger partial charge < -0.3 is 5.73 Å². The maximum Gasteiger partial charge on any atom is 0.0420 e. The Kier molecular flexibility index (Phi) is 3.99. The number of benzene rings is 1. The fourth-order valence-electron chi connectivity index (χ4n) is 2.14. The van der Waals surface area contributed by atoms with E-state index in [0.717, 1.165) is 17.3 Å². The standard InChI is InChI=1S/C11H14BrN.ClH/c12-10-6-2-1-5-9(10)11(13)7-3-4-8-11;/h1-2,5-6H,3-4,7-8,13H2;1H. The predicted molar refractivity (Wildman–Crippen MR) is 65.7 cm³/mol. The largest absolute Gasteiger partial charge is 0.321 e. The smallest absolute Gasteiger partial charge is 0.0420 e. The molecule has 1 saturated carbocycles. The molecule has 1 fully saturated rings. The van der Waals surface area contributed by atoms with E-state index in [-0.39, 0.29) is 17.9 Å². The van der Waals surface area contributed by atoms with Crippen molar-refractivity contribution in [2.45, 2.75) is 31.2 Å². The van der Waals surface area contributed by atoms with Crippen molar-refractivity contribution >= 4 is 28.3 Å². The van der Waals surface area contributed by atoms with E-state index >= 15 is 0 Å². The molecule has 1 aromatic carbocycles. The average Bonchev–Trinajstić information content (AvgIpc) is 2.54. The summed E-state index contributed by atoms with van der Waals surface area (Å²) in [5.41, 5.74) is 7.55. The van der Waals surface area contributed by atoms with Crippen molar-refractivity contribution in [3.63, 3.8) is 0 Å². The van der Waals surface area contributed by atoms with Gasteiger partial charge in [0.15, 0.2) is 0 Å². The quantitative estimate of drug-likeness (QED) is 0.833. The molecule has 1 aliphatic rings. The summed E-state index contributed by atoms with van der Waals surface area (Å²) in [5.74, 6) is 0. The van der Waals surface area contributed by atoms with Crippen LogP contribution in [0.1, 0.15) is 31.2 Å². The molecule has 0 unspecified atom stereocenters. The number of halogens is 2. The van der Waals surface area contributed by atoms with Crippen LogP contribution in [0.4, 0.5) is 0 Å². The second-order valence-electron chi connectivity index (χ2n) is 3.84. The van der Waals surface area contributed by atoms with Gasteiger partial charge in [-0.05, 0) is 24.5 Å². The van der Waals surface area contributed by atoms with Crippen LogP contribution < -0.4 is 5.73 Å². The van der Waals surface area contributed by atoms with Gasteiger partial charge in [0.05, 0.1) is 0 Å². The van der Waals surface area contributed by atoms with Gasteiger partial charge in [-0.25, -0.2) is 0 Å². The maximum atomic E-state index is 6.35. The van der Waals surface area contributed by atoms with Gasteiger partial charge in [-0.3, -0.25) is 0 Å². The zero-order chi connectivity index (χ0) is 9.31. The molecule has 0 atom stereocenters. The monoisotopic (exact) mass is 275 g/mol. The van der Waals surface area contributed by atoms with Gasteiger partial charge in [-0.15, -0.1) is 12.4 Å². The SMILES string of the molecule is Cl.NC1(c2ccccc2Br)CCCC1. The van der Waals surface area contributed by atoms with Crippen molar-refractivity contribution in [2.24, 2.45) is 5.73 Å². The highest BCUT2D eigenvalue weighted by molar-refractivity contribution is 9.10. The molecular formula is C11H15BrClN. The van der Waals surface area contributed by atoms with Crippen LogP contribution in [0.5, 0.6) is 0 Å². The molecular weight excluding hydrogens is 261 g/mol.